The number of halogens is 1. The fraction of sp³-hybridized carbons (Fsp3) is 0.333. The van der Waals surface area contributed by atoms with Gasteiger partial charge < -0.3 is 19.5 Å². The van der Waals surface area contributed by atoms with Crippen molar-refractivity contribution in [1.82, 2.24) is 5.32 Å². The third kappa shape index (κ3) is 4.53. The van der Waals surface area contributed by atoms with Crippen molar-refractivity contribution in [2.75, 3.05) is 19.9 Å². The molecule has 0 bridgehead atoms. The summed E-state index contributed by atoms with van der Waals surface area (Å²) in [6, 6.07) is 14.3. The van der Waals surface area contributed by atoms with Crippen molar-refractivity contribution in [1.29, 1.82) is 0 Å². The summed E-state index contributed by atoms with van der Waals surface area (Å²) in [6.07, 6.45) is 0.952. The van der Waals surface area contributed by atoms with E-state index in [2.05, 4.69) is 23.5 Å². The zero-order valence-corrected chi connectivity index (χ0v) is 14.0. The summed E-state index contributed by atoms with van der Waals surface area (Å²) in [5.41, 5.74) is 2.44. The molecule has 1 aliphatic heterocycles. The second-order valence-corrected chi connectivity index (χ2v) is 5.16. The van der Waals surface area contributed by atoms with Gasteiger partial charge in [-0.15, -0.1) is 12.4 Å². The van der Waals surface area contributed by atoms with Crippen LogP contribution in [0.4, 0.5) is 0 Å². The maximum absolute atomic E-state index is 5.63. The minimum Gasteiger partial charge on any atom is -0.494 e. The summed E-state index contributed by atoms with van der Waals surface area (Å²) in [5.74, 6) is 2.64. The van der Waals surface area contributed by atoms with E-state index in [1.807, 2.05) is 31.2 Å². The summed E-state index contributed by atoms with van der Waals surface area (Å²) in [5, 5.41) is 3.46. The third-order valence-corrected chi connectivity index (χ3v) is 3.62. The van der Waals surface area contributed by atoms with Crippen LogP contribution in [0.5, 0.6) is 17.2 Å². The maximum atomic E-state index is 5.63. The van der Waals surface area contributed by atoms with Gasteiger partial charge in [0.1, 0.15) is 5.75 Å². The first-order chi connectivity index (χ1) is 10.9. The minimum atomic E-state index is 0. The average molecular weight is 336 g/mol. The van der Waals surface area contributed by atoms with Gasteiger partial charge in [-0.1, -0.05) is 24.3 Å². The molecule has 0 fully saturated rings. The molecule has 0 spiro atoms. The number of rotatable bonds is 7. The van der Waals surface area contributed by atoms with Crippen LogP contribution in [0.1, 0.15) is 18.1 Å². The summed E-state index contributed by atoms with van der Waals surface area (Å²) in [4.78, 5) is 0. The van der Waals surface area contributed by atoms with Gasteiger partial charge in [-0.05, 0) is 43.7 Å². The molecule has 2 aromatic carbocycles. The van der Waals surface area contributed by atoms with Gasteiger partial charge in [-0.2, -0.15) is 0 Å². The maximum Gasteiger partial charge on any atom is 0.231 e. The Morgan fingerprint density at radius 2 is 1.91 bits per heavy atom. The van der Waals surface area contributed by atoms with Crippen LogP contribution in [0.15, 0.2) is 42.5 Å². The fourth-order valence-electron chi connectivity index (χ4n) is 2.50. The van der Waals surface area contributed by atoms with Crippen LogP contribution in [0, 0.1) is 0 Å². The van der Waals surface area contributed by atoms with E-state index in [0.717, 1.165) is 36.8 Å². The molecule has 4 nitrogen and oxygen atoms in total. The third-order valence-electron chi connectivity index (χ3n) is 3.62. The van der Waals surface area contributed by atoms with Gasteiger partial charge in [0.25, 0.3) is 0 Å². The van der Waals surface area contributed by atoms with Crippen molar-refractivity contribution in [3.63, 3.8) is 0 Å². The zero-order valence-electron chi connectivity index (χ0n) is 13.2. The lowest BCUT2D eigenvalue weighted by Crippen LogP contribution is -2.17. The van der Waals surface area contributed by atoms with E-state index < -0.39 is 0 Å². The van der Waals surface area contributed by atoms with Crippen LogP contribution < -0.4 is 19.5 Å². The zero-order chi connectivity index (χ0) is 15.2. The van der Waals surface area contributed by atoms with Crippen LogP contribution in [-0.4, -0.2) is 19.9 Å². The lowest BCUT2D eigenvalue weighted by atomic mass is 10.1. The molecule has 2 aromatic rings. The number of nitrogens with one attached hydrogen (secondary N) is 1. The van der Waals surface area contributed by atoms with Gasteiger partial charge >= 0.3 is 0 Å². The van der Waals surface area contributed by atoms with E-state index in [1.165, 1.54) is 11.1 Å². The highest BCUT2D eigenvalue weighted by Gasteiger charge is 2.12. The van der Waals surface area contributed by atoms with Gasteiger partial charge in [-0.3, -0.25) is 0 Å². The fourth-order valence-corrected chi connectivity index (χ4v) is 2.50. The van der Waals surface area contributed by atoms with E-state index in [4.69, 9.17) is 14.2 Å². The number of fused-ring (bicyclic) bond motifs is 1. The second kappa shape index (κ2) is 8.65. The van der Waals surface area contributed by atoms with E-state index >= 15 is 0 Å². The standard InChI is InChI=1S/C18H21NO3.ClH/c1-2-20-16-6-4-3-5-15(16)12-19-10-9-14-7-8-17-18(11-14)22-13-21-17;/h3-8,11,19H,2,9-10,12-13H2,1H3;1H. The molecule has 0 aromatic heterocycles. The molecule has 0 saturated carbocycles. The molecule has 5 heteroatoms. The Hall–Kier alpha value is -1.91. The van der Waals surface area contributed by atoms with Crippen molar-refractivity contribution >= 4 is 12.4 Å². The number of para-hydroxylation sites is 1. The smallest absolute Gasteiger partial charge is 0.231 e. The molecule has 1 heterocycles. The summed E-state index contributed by atoms with van der Waals surface area (Å²) in [7, 11) is 0. The largest absolute Gasteiger partial charge is 0.494 e. The Labute approximate surface area is 143 Å². The van der Waals surface area contributed by atoms with Crippen molar-refractivity contribution in [2.24, 2.45) is 0 Å². The van der Waals surface area contributed by atoms with E-state index in [-0.39, 0.29) is 12.4 Å². The van der Waals surface area contributed by atoms with E-state index in [0.29, 0.717) is 13.4 Å². The molecule has 0 amide bonds. The summed E-state index contributed by atoms with van der Waals surface area (Å²) in [6.45, 7) is 4.73. The van der Waals surface area contributed by atoms with Gasteiger partial charge in [0.15, 0.2) is 11.5 Å². The van der Waals surface area contributed by atoms with Gasteiger partial charge in [0, 0.05) is 12.1 Å². The normalized spacial score (nSPS) is 11.9. The Morgan fingerprint density at radius 1 is 1.09 bits per heavy atom. The average Bonchev–Trinajstić information content (AvgIpc) is 3.01. The highest BCUT2D eigenvalue weighted by Crippen LogP contribution is 2.32. The van der Waals surface area contributed by atoms with E-state index in [9.17, 15) is 0 Å². The molecule has 124 valence electrons. The van der Waals surface area contributed by atoms with E-state index in [1.54, 1.807) is 0 Å². The van der Waals surface area contributed by atoms with Crippen molar-refractivity contribution < 1.29 is 14.2 Å². The lowest BCUT2D eigenvalue weighted by molar-refractivity contribution is 0.174. The molecular weight excluding hydrogens is 314 g/mol. The predicted octanol–water partition coefficient (Wildman–Crippen LogP) is 3.57. The Kier molecular flexibility index (Phi) is 6.56. The topological polar surface area (TPSA) is 39.7 Å². The number of hydrogen-bond donors (Lipinski definition) is 1. The number of benzene rings is 2. The Morgan fingerprint density at radius 3 is 2.78 bits per heavy atom. The Bertz CT molecular complexity index is 633. The first-order valence-electron chi connectivity index (χ1n) is 7.67. The molecule has 1 N–H and O–H groups in total. The molecule has 0 saturated heterocycles. The predicted molar refractivity (Wildman–Crippen MR) is 92.8 cm³/mol. The minimum absolute atomic E-state index is 0. The van der Waals surface area contributed by atoms with Gasteiger partial charge in [0.2, 0.25) is 6.79 Å². The van der Waals surface area contributed by atoms with Crippen molar-refractivity contribution in [2.45, 2.75) is 19.9 Å². The second-order valence-electron chi connectivity index (χ2n) is 5.16. The van der Waals surface area contributed by atoms with Crippen LogP contribution in [0.3, 0.4) is 0 Å². The van der Waals surface area contributed by atoms with Crippen LogP contribution in [0.2, 0.25) is 0 Å². The van der Waals surface area contributed by atoms with Crippen LogP contribution in [0.25, 0.3) is 0 Å². The number of ether oxygens (including phenoxy) is 3. The molecule has 23 heavy (non-hydrogen) atoms. The SMILES string of the molecule is CCOc1ccccc1CNCCc1ccc2c(c1)OCO2.Cl. The van der Waals surface area contributed by atoms with Crippen molar-refractivity contribution in [3.8, 4) is 17.2 Å². The van der Waals surface area contributed by atoms with Gasteiger partial charge in [-0.25, -0.2) is 0 Å². The van der Waals surface area contributed by atoms with Crippen LogP contribution in [-0.2, 0) is 13.0 Å². The molecule has 0 aliphatic carbocycles. The monoisotopic (exact) mass is 335 g/mol. The molecule has 0 atom stereocenters. The quantitative estimate of drug-likeness (QED) is 0.785. The molecular formula is C18H22ClNO3. The van der Waals surface area contributed by atoms with Crippen molar-refractivity contribution in [3.05, 3.63) is 53.6 Å². The molecule has 0 unspecified atom stereocenters. The Balaban J connectivity index is 0.00000192. The van der Waals surface area contributed by atoms with Crippen LogP contribution >= 0.6 is 12.4 Å². The first-order valence-corrected chi connectivity index (χ1v) is 7.67. The molecule has 3 rings (SSSR count). The van der Waals surface area contributed by atoms with Gasteiger partial charge in [0.05, 0.1) is 6.61 Å². The summed E-state index contributed by atoms with van der Waals surface area (Å²) < 4.78 is 16.4. The first kappa shape index (κ1) is 17.4. The number of hydrogen-bond acceptors (Lipinski definition) is 4. The lowest BCUT2D eigenvalue weighted by Gasteiger charge is -2.11. The molecule has 0 radical (unpaired) electrons. The summed E-state index contributed by atoms with van der Waals surface area (Å²) >= 11 is 0. The highest BCUT2D eigenvalue weighted by atomic mass is 35.5. The highest BCUT2D eigenvalue weighted by molar-refractivity contribution is 5.85. The molecule has 1 aliphatic rings.